The minimum Gasteiger partial charge on any atom is -0.468 e. The minimum atomic E-state index is -4.36. The second-order valence-corrected chi connectivity index (χ2v) is 6.09. The van der Waals surface area contributed by atoms with Gasteiger partial charge in [0.25, 0.3) is 0 Å². The van der Waals surface area contributed by atoms with Gasteiger partial charge in [-0.25, -0.2) is 0 Å². The van der Waals surface area contributed by atoms with E-state index in [1.54, 1.807) is 0 Å². The number of hydrogen-bond donors (Lipinski definition) is 1. The van der Waals surface area contributed by atoms with Crippen molar-refractivity contribution in [1.82, 2.24) is 5.32 Å². The lowest BCUT2D eigenvalue weighted by Crippen LogP contribution is -2.33. The molecular weight excluding hydrogens is 331 g/mol. The maximum Gasteiger partial charge on any atom is 0.416 e. The first-order valence-electron chi connectivity index (χ1n) is 7.96. The molecule has 0 unspecified atom stereocenters. The number of rotatable bonds is 3. The van der Waals surface area contributed by atoms with E-state index in [2.05, 4.69) is 5.32 Å². The Labute approximate surface area is 143 Å². The number of carbonyl (C=O) groups excluding carboxylic acids is 1. The molecule has 2 aromatic carbocycles. The van der Waals surface area contributed by atoms with Crippen molar-refractivity contribution in [2.75, 3.05) is 7.11 Å². The third-order valence-electron chi connectivity index (χ3n) is 4.58. The summed E-state index contributed by atoms with van der Waals surface area (Å²) in [5, 5.41) is 3.25. The highest BCUT2D eigenvalue weighted by molar-refractivity contribution is 5.76. The molecule has 25 heavy (non-hydrogen) atoms. The van der Waals surface area contributed by atoms with Gasteiger partial charge in [0.1, 0.15) is 6.04 Å². The van der Waals surface area contributed by atoms with Crippen LogP contribution in [-0.4, -0.2) is 19.1 Å². The van der Waals surface area contributed by atoms with Gasteiger partial charge in [-0.15, -0.1) is 0 Å². The summed E-state index contributed by atoms with van der Waals surface area (Å²) in [6, 6.07) is 14.1. The maximum atomic E-state index is 12.8. The molecule has 0 aliphatic carbocycles. The molecule has 132 valence electrons. The lowest BCUT2D eigenvalue weighted by atomic mass is 9.87. The summed E-state index contributed by atoms with van der Waals surface area (Å²) in [4.78, 5) is 11.9. The summed E-state index contributed by atoms with van der Waals surface area (Å²) in [5.74, 6) is -0.482. The molecule has 1 N–H and O–H groups in total. The van der Waals surface area contributed by atoms with Gasteiger partial charge in [-0.3, -0.25) is 10.1 Å². The zero-order valence-corrected chi connectivity index (χ0v) is 13.6. The first-order valence-corrected chi connectivity index (χ1v) is 7.96. The van der Waals surface area contributed by atoms with Crippen molar-refractivity contribution in [1.29, 1.82) is 0 Å². The molecule has 0 spiro atoms. The van der Waals surface area contributed by atoms with Crippen LogP contribution >= 0.6 is 0 Å². The fraction of sp³-hybridized carbons (Fsp3) is 0.316. The normalized spacial score (nSPS) is 23.4. The third-order valence-corrected chi connectivity index (χ3v) is 4.58. The molecule has 3 nitrogen and oxygen atoms in total. The van der Waals surface area contributed by atoms with Crippen LogP contribution in [-0.2, 0) is 15.7 Å². The second kappa shape index (κ2) is 6.88. The van der Waals surface area contributed by atoms with Crippen LogP contribution in [0.15, 0.2) is 54.6 Å². The molecule has 2 aromatic rings. The third kappa shape index (κ3) is 3.69. The minimum absolute atomic E-state index is 0.117. The summed E-state index contributed by atoms with van der Waals surface area (Å²) in [6.45, 7) is 0. The molecular formula is C19H18F3NO2. The van der Waals surface area contributed by atoms with E-state index in [1.165, 1.54) is 19.2 Å². The number of nitrogens with one attached hydrogen (secondary N) is 1. The molecule has 0 aromatic heterocycles. The summed E-state index contributed by atoms with van der Waals surface area (Å²) in [6.07, 6.45) is -3.89. The van der Waals surface area contributed by atoms with Crippen molar-refractivity contribution in [3.8, 4) is 0 Å². The van der Waals surface area contributed by atoms with Crippen molar-refractivity contribution >= 4 is 5.97 Å². The molecule has 1 saturated heterocycles. The number of alkyl halides is 3. The average Bonchev–Trinajstić information content (AvgIpc) is 3.06. The maximum absolute atomic E-state index is 12.8. The number of halogens is 3. The zero-order valence-electron chi connectivity index (χ0n) is 13.6. The van der Waals surface area contributed by atoms with Crippen LogP contribution < -0.4 is 5.32 Å². The molecule has 1 aliphatic rings. The Balaban J connectivity index is 1.92. The van der Waals surface area contributed by atoms with Gasteiger partial charge in [-0.2, -0.15) is 13.2 Å². The molecule has 1 fully saturated rings. The highest BCUT2D eigenvalue weighted by Crippen LogP contribution is 2.41. The van der Waals surface area contributed by atoms with Crippen molar-refractivity contribution in [2.45, 2.75) is 30.6 Å². The SMILES string of the molecule is COC(=O)[C@H]1C[C@H](c2ccc(C(F)(F)F)cc2)[C@@H](c2ccccc2)N1. The zero-order chi connectivity index (χ0) is 18.0. The smallest absolute Gasteiger partial charge is 0.416 e. The molecule has 1 aliphatic heterocycles. The van der Waals surface area contributed by atoms with Crippen molar-refractivity contribution in [3.05, 3.63) is 71.3 Å². The number of carbonyl (C=O) groups is 1. The number of benzene rings is 2. The van der Waals surface area contributed by atoms with Crippen LogP contribution in [0, 0.1) is 0 Å². The van der Waals surface area contributed by atoms with E-state index in [0.717, 1.165) is 23.3 Å². The van der Waals surface area contributed by atoms with E-state index in [0.29, 0.717) is 6.42 Å². The molecule has 1 heterocycles. The van der Waals surface area contributed by atoms with E-state index in [9.17, 15) is 18.0 Å². The van der Waals surface area contributed by atoms with Gasteiger partial charge in [0.15, 0.2) is 0 Å². The van der Waals surface area contributed by atoms with Gasteiger partial charge >= 0.3 is 12.1 Å². The lowest BCUT2D eigenvalue weighted by Gasteiger charge is -2.21. The molecule has 3 rings (SSSR count). The van der Waals surface area contributed by atoms with Gasteiger partial charge in [0, 0.05) is 12.0 Å². The summed E-state index contributed by atoms with van der Waals surface area (Å²) >= 11 is 0. The summed E-state index contributed by atoms with van der Waals surface area (Å²) in [5.41, 5.74) is 1.07. The Morgan fingerprint density at radius 1 is 1.04 bits per heavy atom. The van der Waals surface area contributed by atoms with Crippen LogP contribution in [0.4, 0.5) is 13.2 Å². The highest BCUT2D eigenvalue weighted by atomic mass is 19.4. The Morgan fingerprint density at radius 2 is 1.68 bits per heavy atom. The Bertz CT molecular complexity index is 729. The van der Waals surface area contributed by atoms with Crippen LogP contribution in [0.25, 0.3) is 0 Å². The molecule has 3 atom stereocenters. The fourth-order valence-electron chi connectivity index (χ4n) is 3.33. The molecule has 0 radical (unpaired) electrons. The van der Waals surface area contributed by atoms with Crippen LogP contribution in [0.3, 0.4) is 0 Å². The predicted molar refractivity (Wildman–Crippen MR) is 86.9 cm³/mol. The monoisotopic (exact) mass is 349 g/mol. The Morgan fingerprint density at radius 3 is 2.24 bits per heavy atom. The average molecular weight is 349 g/mol. The standard InChI is InChI=1S/C19H18F3NO2/c1-25-18(24)16-11-15(17(23-16)13-5-3-2-4-6-13)12-7-9-14(10-8-12)19(20,21)22/h2-10,15-17,23H,11H2,1H3/t15-,16-,17-/m1/s1. The van der Waals surface area contributed by atoms with Gasteiger partial charge < -0.3 is 4.74 Å². The van der Waals surface area contributed by atoms with E-state index >= 15 is 0 Å². The molecule has 0 bridgehead atoms. The van der Waals surface area contributed by atoms with E-state index < -0.39 is 17.8 Å². The van der Waals surface area contributed by atoms with Gasteiger partial charge in [-0.05, 0) is 29.7 Å². The first kappa shape index (κ1) is 17.5. The van der Waals surface area contributed by atoms with Gasteiger partial charge in [0.2, 0.25) is 0 Å². The van der Waals surface area contributed by atoms with E-state index in [4.69, 9.17) is 4.74 Å². The number of esters is 1. The topological polar surface area (TPSA) is 38.3 Å². The second-order valence-electron chi connectivity index (χ2n) is 6.09. The molecule has 0 amide bonds. The van der Waals surface area contributed by atoms with Crippen LogP contribution in [0.1, 0.15) is 35.1 Å². The summed E-state index contributed by atoms with van der Waals surface area (Å²) < 4.78 is 43.2. The van der Waals surface area contributed by atoms with Crippen LogP contribution in [0.2, 0.25) is 0 Å². The summed E-state index contributed by atoms with van der Waals surface area (Å²) in [7, 11) is 1.33. The Hall–Kier alpha value is -2.34. The molecule has 6 heteroatoms. The molecule has 0 saturated carbocycles. The van der Waals surface area contributed by atoms with Gasteiger partial charge in [0.05, 0.1) is 12.7 Å². The van der Waals surface area contributed by atoms with Crippen molar-refractivity contribution in [2.24, 2.45) is 0 Å². The quantitative estimate of drug-likeness (QED) is 0.849. The lowest BCUT2D eigenvalue weighted by molar-refractivity contribution is -0.142. The predicted octanol–water partition coefficient (Wildman–Crippen LogP) is 4.07. The largest absolute Gasteiger partial charge is 0.468 e. The Kier molecular flexibility index (Phi) is 4.81. The first-order chi connectivity index (χ1) is 11.9. The number of methoxy groups -OCH3 is 1. The number of ether oxygens (including phenoxy) is 1. The number of hydrogen-bond acceptors (Lipinski definition) is 3. The van der Waals surface area contributed by atoms with Crippen molar-refractivity contribution < 1.29 is 22.7 Å². The highest BCUT2D eigenvalue weighted by Gasteiger charge is 2.39. The van der Waals surface area contributed by atoms with E-state index in [1.807, 2.05) is 30.3 Å². The fourth-order valence-corrected chi connectivity index (χ4v) is 3.33. The van der Waals surface area contributed by atoms with Crippen LogP contribution in [0.5, 0.6) is 0 Å². The van der Waals surface area contributed by atoms with Crippen molar-refractivity contribution in [3.63, 3.8) is 0 Å². The van der Waals surface area contributed by atoms with E-state index in [-0.39, 0.29) is 17.9 Å². The van der Waals surface area contributed by atoms with Gasteiger partial charge in [-0.1, -0.05) is 42.5 Å².